The fourth-order valence-corrected chi connectivity index (χ4v) is 2.40. The zero-order valence-corrected chi connectivity index (χ0v) is 10.6. The molecule has 1 aromatic rings. The number of nitrogens with two attached hydrogens (primary N) is 1. The Hall–Kier alpha value is -2.13. The highest BCUT2D eigenvalue weighted by molar-refractivity contribution is 5.60. The number of rotatable bonds is 3. The summed E-state index contributed by atoms with van der Waals surface area (Å²) >= 11 is 0. The molecule has 1 aliphatic heterocycles. The average molecular weight is 260 g/mol. The number of nitrogens with zero attached hydrogens (tertiary/aromatic N) is 3. The molecule has 1 saturated heterocycles. The van der Waals surface area contributed by atoms with Gasteiger partial charge in [-0.1, -0.05) is 0 Å². The summed E-state index contributed by atoms with van der Waals surface area (Å²) in [4.78, 5) is 12.4. The van der Waals surface area contributed by atoms with Crippen LogP contribution in [0.25, 0.3) is 0 Å². The molecule has 1 aromatic carbocycles. The molecule has 0 saturated carbocycles. The van der Waals surface area contributed by atoms with Gasteiger partial charge >= 0.3 is 0 Å². The molecule has 0 bridgehead atoms. The third-order valence-corrected chi connectivity index (χ3v) is 3.61. The van der Waals surface area contributed by atoms with Crippen molar-refractivity contribution in [3.63, 3.8) is 0 Å². The molecule has 0 spiro atoms. The number of nitro groups is 1. The first-order valence-corrected chi connectivity index (χ1v) is 6.29. The number of benzene rings is 1. The molecule has 0 atom stereocenters. The van der Waals surface area contributed by atoms with E-state index in [-0.39, 0.29) is 11.3 Å². The van der Waals surface area contributed by atoms with Gasteiger partial charge in [0.15, 0.2) is 0 Å². The van der Waals surface area contributed by atoms with Crippen molar-refractivity contribution in [1.82, 2.24) is 0 Å². The Morgan fingerprint density at radius 1 is 1.47 bits per heavy atom. The maximum Gasteiger partial charge on any atom is 0.287 e. The molecule has 0 radical (unpaired) electrons. The Morgan fingerprint density at radius 2 is 2.16 bits per heavy atom. The minimum absolute atomic E-state index is 0.114. The molecule has 1 fully saturated rings. The predicted molar refractivity (Wildman–Crippen MR) is 71.8 cm³/mol. The van der Waals surface area contributed by atoms with Crippen molar-refractivity contribution in [1.29, 1.82) is 5.26 Å². The fourth-order valence-electron chi connectivity index (χ4n) is 2.40. The van der Waals surface area contributed by atoms with Crippen LogP contribution in [0.4, 0.5) is 11.4 Å². The van der Waals surface area contributed by atoms with Crippen molar-refractivity contribution >= 4 is 11.4 Å². The van der Waals surface area contributed by atoms with E-state index in [9.17, 15) is 10.1 Å². The number of piperidine rings is 1. The first-order chi connectivity index (χ1) is 9.15. The molecule has 2 N–H and O–H groups in total. The largest absolute Gasteiger partial charge is 0.371 e. The second kappa shape index (κ2) is 5.67. The normalized spacial score (nSPS) is 16.1. The Kier molecular flexibility index (Phi) is 3.97. The lowest BCUT2D eigenvalue weighted by Gasteiger charge is -2.33. The molecule has 6 heteroatoms. The SMILES string of the molecule is N#Cc1cc(N2CCC(CN)CC2)ccc1[N+](=O)[O-]. The molecular weight excluding hydrogens is 244 g/mol. The van der Waals surface area contributed by atoms with E-state index in [0.717, 1.165) is 31.6 Å². The topological polar surface area (TPSA) is 96.2 Å². The summed E-state index contributed by atoms with van der Waals surface area (Å²) in [6, 6.07) is 6.60. The van der Waals surface area contributed by atoms with Crippen LogP contribution in [0.3, 0.4) is 0 Å². The van der Waals surface area contributed by atoms with Crippen LogP contribution in [0.1, 0.15) is 18.4 Å². The lowest BCUT2D eigenvalue weighted by atomic mass is 9.96. The Labute approximate surface area is 111 Å². The monoisotopic (exact) mass is 260 g/mol. The van der Waals surface area contributed by atoms with Gasteiger partial charge in [0.05, 0.1) is 4.92 Å². The quantitative estimate of drug-likeness (QED) is 0.658. The molecule has 1 aliphatic rings. The number of hydrogen-bond acceptors (Lipinski definition) is 5. The maximum atomic E-state index is 10.8. The predicted octanol–water partition coefficient (Wildman–Crippen LogP) is 1.64. The molecule has 0 aromatic heterocycles. The second-order valence-corrected chi connectivity index (χ2v) is 4.74. The Morgan fingerprint density at radius 3 is 2.68 bits per heavy atom. The number of nitro benzene ring substituents is 1. The summed E-state index contributed by atoms with van der Waals surface area (Å²) in [6.45, 7) is 2.46. The first kappa shape index (κ1) is 13.3. The van der Waals surface area contributed by atoms with Gasteiger partial charge in [0, 0.05) is 24.8 Å². The molecule has 100 valence electrons. The zero-order chi connectivity index (χ0) is 13.8. The minimum atomic E-state index is -0.525. The van der Waals surface area contributed by atoms with Crippen LogP contribution in [0.2, 0.25) is 0 Å². The van der Waals surface area contributed by atoms with Crippen LogP contribution in [0, 0.1) is 27.4 Å². The van der Waals surface area contributed by atoms with E-state index < -0.39 is 4.92 Å². The van der Waals surface area contributed by atoms with Crippen LogP contribution in [0.15, 0.2) is 18.2 Å². The Bertz CT molecular complexity index is 516. The molecule has 2 rings (SSSR count). The van der Waals surface area contributed by atoms with E-state index >= 15 is 0 Å². The first-order valence-electron chi connectivity index (χ1n) is 6.29. The zero-order valence-electron chi connectivity index (χ0n) is 10.6. The summed E-state index contributed by atoms with van der Waals surface area (Å²) in [7, 11) is 0. The lowest BCUT2D eigenvalue weighted by Crippen LogP contribution is -2.36. The second-order valence-electron chi connectivity index (χ2n) is 4.74. The van der Waals surface area contributed by atoms with Crippen LogP contribution >= 0.6 is 0 Å². The lowest BCUT2D eigenvalue weighted by molar-refractivity contribution is -0.385. The third-order valence-electron chi connectivity index (χ3n) is 3.61. The molecule has 0 amide bonds. The van der Waals surface area contributed by atoms with Crippen LogP contribution in [-0.2, 0) is 0 Å². The van der Waals surface area contributed by atoms with Crippen molar-refractivity contribution in [2.75, 3.05) is 24.5 Å². The van der Waals surface area contributed by atoms with Gasteiger partial charge in [-0.25, -0.2) is 0 Å². The van der Waals surface area contributed by atoms with E-state index in [1.165, 1.54) is 6.07 Å². The summed E-state index contributed by atoms with van der Waals surface area (Å²) in [6.07, 6.45) is 2.05. The number of hydrogen-bond donors (Lipinski definition) is 1. The smallest absolute Gasteiger partial charge is 0.287 e. The van der Waals surface area contributed by atoms with Crippen LogP contribution in [-0.4, -0.2) is 24.6 Å². The van der Waals surface area contributed by atoms with Crippen molar-refractivity contribution < 1.29 is 4.92 Å². The highest BCUT2D eigenvalue weighted by Crippen LogP contribution is 2.27. The van der Waals surface area contributed by atoms with Gasteiger partial charge in [-0.2, -0.15) is 5.26 Å². The van der Waals surface area contributed by atoms with Crippen LogP contribution in [0.5, 0.6) is 0 Å². The molecule has 19 heavy (non-hydrogen) atoms. The van der Waals surface area contributed by atoms with E-state index in [1.54, 1.807) is 12.1 Å². The molecule has 0 aliphatic carbocycles. The summed E-state index contributed by atoms with van der Waals surface area (Å²) in [5.41, 5.74) is 6.50. The summed E-state index contributed by atoms with van der Waals surface area (Å²) in [5, 5.41) is 19.8. The summed E-state index contributed by atoms with van der Waals surface area (Å²) in [5.74, 6) is 0.560. The van der Waals surface area contributed by atoms with Gasteiger partial charge in [0.1, 0.15) is 11.6 Å². The highest BCUT2D eigenvalue weighted by atomic mass is 16.6. The van der Waals surface area contributed by atoms with Gasteiger partial charge < -0.3 is 10.6 Å². The highest BCUT2D eigenvalue weighted by Gasteiger charge is 2.20. The van der Waals surface area contributed by atoms with E-state index in [1.807, 2.05) is 6.07 Å². The molecule has 1 heterocycles. The van der Waals surface area contributed by atoms with E-state index in [4.69, 9.17) is 11.0 Å². The molecule has 0 unspecified atom stereocenters. The van der Waals surface area contributed by atoms with E-state index in [2.05, 4.69) is 4.90 Å². The van der Waals surface area contributed by atoms with Crippen molar-refractivity contribution in [2.24, 2.45) is 11.7 Å². The molecular formula is C13H16N4O2. The number of nitriles is 1. The van der Waals surface area contributed by atoms with Crippen molar-refractivity contribution in [3.05, 3.63) is 33.9 Å². The van der Waals surface area contributed by atoms with Gasteiger partial charge in [-0.15, -0.1) is 0 Å². The van der Waals surface area contributed by atoms with Crippen LogP contribution < -0.4 is 10.6 Å². The van der Waals surface area contributed by atoms with Crippen molar-refractivity contribution in [3.8, 4) is 6.07 Å². The standard InChI is InChI=1S/C13H16N4O2/c14-8-10-3-5-16(6-4-10)12-1-2-13(17(18)19)11(7-12)9-15/h1-2,7,10H,3-6,8,14H2. The number of anilines is 1. The average Bonchev–Trinajstić information content (AvgIpc) is 2.46. The third kappa shape index (κ3) is 2.83. The van der Waals surface area contributed by atoms with Gasteiger partial charge in [0.2, 0.25) is 0 Å². The summed E-state index contributed by atoms with van der Waals surface area (Å²) < 4.78 is 0. The fraction of sp³-hybridized carbons (Fsp3) is 0.462. The maximum absolute atomic E-state index is 10.8. The van der Waals surface area contributed by atoms with Gasteiger partial charge in [-0.05, 0) is 37.4 Å². The van der Waals surface area contributed by atoms with Gasteiger partial charge in [0.25, 0.3) is 5.69 Å². The van der Waals surface area contributed by atoms with Crippen molar-refractivity contribution in [2.45, 2.75) is 12.8 Å². The van der Waals surface area contributed by atoms with Gasteiger partial charge in [-0.3, -0.25) is 10.1 Å². The van der Waals surface area contributed by atoms with E-state index in [0.29, 0.717) is 12.5 Å². The minimum Gasteiger partial charge on any atom is -0.371 e. The molecule has 6 nitrogen and oxygen atoms in total. The Balaban J connectivity index is 2.18.